The van der Waals surface area contributed by atoms with Crippen LogP contribution in [-0.4, -0.2) is 26.4 Å². The van der Waals surface area contributed by atoms with Crippen molar-refractivity contribution in [3.63, 3.8) is 0 Å². The Kier molecular flexibility index (Phi) is 9.19. The highest BCUT2D eigenvalue weighted by Crippen LogP contribution is 2.45. The number of hydrogen-bond donors (Lipinski definition) is 1. The van der Waals surface area contributed by atoms with Gasteiger partial charge in [0.15, 0.2) is 17.1 Å². The second-order valence-corrected chi connectivity index (χ2v) is 12.8. The highest BCUT2D eigenvalue weighted by molar-refractivity contribution is 7.99. The first-order chi connectivity index (χ1) is 18.7. The quantitative estimate of drug-likeness (QED) is 0.197. The van der Waals surface area contributed by atoms with Crippen molar-refractivity contribution in [2.24, 2.45) is 11.3 Å². The predicted octanol–water partition coefficient (Wildman–Crippen LogP) is 7.12. The zero-order valence-corrected chi connectivity index (χ0v) is 25.0. The van der Waals surface area contributed by atoms with E-state index in [0.717, 1.165) is 42.6 Å². The average Bonchev–Trinajstić information content (AvgIpc) is 3.47. The topological polar surface area (TPSA) is 92.8 Å². The maximum Gasteiger partial charge on any atom is 0.235 e. The molecule has 2 unspecified atom stereocenters. The molecule has 0 fully saturated rings. The zero-order chi connectivity index (χ0) is 28.2. The number of benzene rings is 1. The molecule has 9 heteroatoms. The number of ether oxygens (including phenoxy) is 1. The van der Waals surface area contributed by atoms with E-state index >= 15 is 0 Å². The fourth-order valence-corrected chi connectivity index (χ4v) is 7.04. The van der Waals surface area contributed by atoms with Gasteiger partial charge in [0, 0.05) is 11.4 Å². The molecule has 1 N–H and O–H groups in total. The summed E-state index contributed by atoms with van der Waals surface area (Å²) in [6.07, 6.45) is 5.51. The van der Waals surface area contributed by atoms with Crippen LogP contribution in [0.25, 0.3) is 0 Å². The molecule has 1 aliphatic carbocycles. The number of anilines is 1. The lowest BCUT2D eigenvalue weighted by molar-refractivity contribution is -0.113. The molecule has 0 spiro atoms. The second-order valence-electron chi connectivity index (χ2n) is 10.8. The Bertz CT molecular complexity index is 1380. The molecule has 1 aliphatic rings. The van der Waals surface area contributed by atoms with Gasteiger partial charge in [-0.05, 0) is 67.7 Å². The van der Waals surface area contributed by atoms with E-state index in [4.69, 9.17) is 4.74 Å². The number of carbonyl (C=O) groups is 1. The summed E-state index contributed by atoms with van der Waals surface area (Å²) in [5, 5.41) is 22.9. The third kappa shape index (κ3) is 6.56. The first kappa shape index (κ1) is 28.9. The summed E-state index contributed by atoms with van der Waals surface area (Å²) < 4.78 is 8.03. The Labute approximate surface area is 239 Å². The summed E-state index contributed by atoms with van der Waals surface area (Å²) in [5.74, 6) is 2.00. The standard InChI is InChI=1S/C30H37N5O2S2/c1-7-14-35-27(20(4)37-22-11-9-10-19(3)15-22)33-34-29(35)38-18-26(36)32-28-24(17-31)23-13-12-21(16-25(23)39-28)30(5,6)8-2/h7,9-11,15,20-21H,1,8,12-14,16,18H2,2-6H3,(H,32,36). The second kappa shape index (κ2) is 12.4. The van der Waals surface area contributed by atoms with Gasteiger partial charge in [0.25, 0.3) is 0 Å². The van der Waals surface area contributed by atoms with Gasteiger partial charge in [-0.25, -0.2) is 0 Å². The largest absolute Gasteiger partial charge is 0.483 e. The first-order valence-electron chi connectivity index (χ1n) is 13.4. The molecular formula is C30H37N5O2S2. The van der Waals surface area contributed by atoms with Crippen LogP contribution in [0.15, 0.2) is 42.1 Å². The minimum Gasteiger partial charge on any atom is -0.483 e. The smallest absolute Gasteiger partial charge is 0.235 e. The minimum atomic E-state index is -0.334. The monoisotopic (exact) mass is 563 g/mol. The fraction of sp³-hybridized carbons (Fsp3) is 0.467. The van der Waals surface area contributed by atoms with Gasteiger partial charge in [-0.2, -0.15) is 5.26 Å². The predicted molar refractivity (Wildman–Crippen MR) is 158 cm³/mol. The highest BCUT2D eigenvalue weighted by Gasteiger charge is 2.34. The van der Waals surface area contributed by atoms with Crippen molar-refractivity contribution in [1.29, 1.82) is 5.26 Å². The Hall–Kier alpha value is -3.09. The van der Waals surface area contributed by atoms with Crippen molar-refractivity contribution in [3.8, 4) is 11.8 Å². The van der Waals surface area contributed by atoms with E-state index in [0.29, 0.717) is 34.0 Å². The normalized spacial score (nSPS) is 15.7. The molecule has 0 aliphatic heterocycles. The molecule has 39 heavy (non-hydrogen) atoms. The van der Waals surface area contributed by atoms with Crippen molar-refractivity contribution < 1.29 is 9.53 Å². The maximum absolute atomic E-state index is 13.0. The van der Waals surface area contributed by atoms with Gasteiger partial charge >= 0.3 is 0 Å². The maximum atomic E-state index is 13.0. The lowest BCUT2D eigenvalue weighted by Crippen LogP contribution is -2.28. The number of allylic oxidation sites excluding steroid dienone is 1. The fourth-order valence-electron chi connectivity index (χ4n) is 4.99. The van der Waals surface area contributed by atoms with Gasteiger partial charge in [-0.3, -0.25) is 9.36 Å². The van der Waals surface area contributed by atoms with Crippen LogP contribution in [0.5, 0.6) is 5.75 Å². The lowest BCUT2D eigenvalue weighted by Gasteiger charge is -2.36. The summed E-state index contributed by atoms with van der Waals surface area (Å²) in [5.41, 5.74) is 3.12. The molecule has 0 saturated heterocycles. The molecule has 2 heterocycles. The van der Waals surface area contributed by atoms with Crippen molar-refractivity contribution in [1.82, 2.24) is 14.8 Å². The van der Waals surface area contributed by atoms with Crippen molar-refractivity contribution in [2.45, 2.75) is 78.1 Å². The van der Waals surface area contributed by atoms with Crippen molar-refractivity contribution >= 4 is 34.0 Å². The molecular weight excluding hydrogens is 526 g/mol. The van der Waals surface area contributed by atoms with Crippen molar-refractivity contribution in [2.75, 3.05) is 11.1 Å². The summed E-state index contributed by atoms with van der Waals surface area (Å²) >= 11 is 2.87. The molecule has 0 saturated carbocycles. The third-order valence-electron chi connectivity index (χ3n) is 7.70. The summed E-state index contributed by atoms with van der Waals surface area (Å²) in [6.45, 7) is 15.2. The molecule has 0 bridgehead atoms. The number of amides is 1. The van der Waals surface area contributed by atoms with Gasteiger partial charge in [0.2, 0.25) is 5.91 Å². The van der Waals surface area contributed by atoms with Crippen LogP contribution in [0.1, 0.15) is 74.0 Å². The number of thiophene rings is 1. The molecule has 1 amide bonds. The molecule has 2 atom stereocenters. The van der Waals surface area contributed by atoms with E-state index in [1.807, 2.05) is 42.7 Å². The Morgan fingerprint density at radius 3 is 2.92 bits per heavy atom. The van der Waals surface area contributed by atoms with Crippen LogP contribution in [0.4, 0.5) is 5.00 Å². The Morgan fingerprint density at radius 1 is 1.44 bits per heavy atom. The van der Waals surface area contributed by atoms with Gasteiger partial charge in [-0.15, -0.1) is 28.1 Å². The number of aryl methyl sites for hydroxylation is 1. The van der Waals surface area contributed by atoms with Gasteiger partial charge in [-0.1, -0.05) is 57.2 Å². The van der Waals surface area contributed by atoms with E-state index in [1.165, 1.54) is 16.6 Å². The SMILES string of the molecule is C=CCn1c(SCC(=O)Nc2sc3c(c2C#N)CCC(C(C)(C)CC)C3)nnc1C(C)Oc1cccc(C)c1. The van der Waals surface area contributed by atoms with Crippen LogP contribution in [0.3, 0.4) is 0 Å². The van der Waals surface area contributed by atoms with E-state index < -0.39 is 0 Å². The number of hydrogen-bond acceptors (Lipinski definition) is 7. The average molecular weight is 564 g/mol. The van der Waals surface area contributed by atoms with Gasteiger partial charge < -0.3 is 10.1 Å². The van der Waals surface area contributed by atoms with Crippen molar-refractivity contribution in [3.05, 3.63) is 64.3 Å². The molecule has 1 aromatic carbocycles. The van der Waals surface area contributed by atoms with E-state index in [-0.39, 0.29) is 23.2 Å². The Morgan fingerprint density at radius 2 is 2.23 bits per heavy atom. The molecule has 0 radical (unpaired) electrons. The lowest BCUT2D eigenvalue weighted by atomic mass is 9.69. The minimum absolute atomic E-state index is 0.154. The molecule has 4 rings (SSSR count). The molecule has 7 nitrogen and oxygen atoms in total. The third-order valence-corrected chi connectivity index (χ3v) is 9.84. The number of thioether (sulfide) groups is 1. The Balaban J connectivity index is 1.43. The first-order valence-corrected chi connectivity index (χ1v) is 15.2. The van der Waals surface area contributed by atoms with Crippen LogP contribution in [-0.2, 0) is 24.2 Å². The number of carbonyl (C=O) groups excluding carboxylic acids is 1. The number of fused-ring (bicyclic) bond motifs is 1. The summed E-state index contributed by atoms with van der Waals surface area (Å²) in [6, 6.07) is 10.2. The van der Waals surface area contributed by atoms with E-state index in [9.17, 15) is 10.1 Å². The van der Waals surface area contributed by atoms with E-state index in [2.05, 4.69) is 48.9 Å². The number of aromatic nitrogens is 3. The number of rotatable bonds is 11. The molecule has 3 aromatic rings. The number of nitrogens with one attached hydrogen (secondary N) is 1. The van der Waals surface area contributed by atoms with Crippen LogP contribution < -0.4 is 10.1 Å². The number of nitrogens with zero attached hydrogens (tertiary/aromatic N) is 4. The van der Waals surface area contributed by atoms with E-state index in [1.54, 1.807) is 17.4 Å². The van der Waals surface area contributed by atoms with Crippen LogP contribution >= 0.6 is 23.1 Å². The van der Waals surface area contributed by atoms with Crippen LogP contribution in [0.2, 0.25) is 0 Å². The zero-order valence-electron chi connectivity index (χ0n) is 23.4. The molecule has 206 valence electrons. The van der Waals surface area contributed by atoms with Crippen LogP contribution in [0, 0.1) is 29.6 Å². The number of nitriles is 1. The molecule has 2 aromatic heterocycles. The van der Waals surface area contributed by atoms with Gasteiger partial charge in [0.05, 0.1) is 11.3 Å². The summed E-state index contributed by atoms with van der Waals surface area (Å²) in [4.78, 5) is 14.2. The highest BCUT2D eigenvalue weighted by atomic mass is 32.2. The van der Waals surface area contributed by atoms with Gasteiger partial charge in [0.1, 0.15) is 16.8 Å². The summed E-state index contributed by atoms with van der Waals surface area (Å²) in [7, 11) is 0.